The summed E-state index contributed by atoms with van der Waals surface area (Å²) in [4.78, 5) is 12.7. The zero-order valence-corrected chi connectivity index (χ0v) is 17.0. The Kier molecular flexibility index (Phi) is 5.29. The quantitative estimate of drug-likeness (QED) is 0.672. The number of sulfone groups is 1. The Hall–Kier alpha value is -3.20. The Balaban J connectivity index is 1.69. The molecule has 30 heavy (non-hydrogen) atoms. The van der Waals surface area contributed by atoms with Gasteiger partial charge in [-0.25, -0.2) is 12.8 Å². The maximum Gasteiger partial charge on any atom is 0.276 e. The van der Waals surface area contributed by atoms with Gasteiger partial charge < -0.3 is 10.1 Å². The van der Waals surface area contributed by atoms with E-state index in [0.29, 0.717) is 23.6 Å². The lowest BCUT2D eigenvalue weighted by Crippen LogP contribution is -2.16. The molecule has 3 aromatic rings. The number of nitrogens with one attached hydrogen (secondary N) is 1. The SMILES string of the molecule is COc1ccc(-c2cc(C(=O)Nc3ccc(F)cc3)nn2[C@H]2CCS(=O)(=O)C2)cc1. The summed E-state index contributed by atoms with van der Waals surface area (Å²) in [5, 5.41) is 7.11. The van der Waals surface area contributed by atoms with Crippen LogP contribution in [0.15, 0.2) is 54.6 Å². The Morgan fingerprint density at radius 1 is 1.17 bits per heavy atom. The lowest BCUT2D eigenvalue weighted by molar-refractivity contribution is 0.102. The first-order valence-electron chi connectivity index (χ1n) is 9.36. The van der Waals surface area contributed by atoms with Crippen LogP contribution in [0.3, 0.4) is 0 Å². The summed E-state index contributed by atoms with van der Waals surface area (Å²) in [6, 6.07) is 13.9. The molecule has 1 atom stereocenters. The third kappa shape index (κ3) is 4.20. The lowest BCUT2D eigenvalue weighted by Gasteiger charge is -2.13. The number of amides is 1. The van der Waals surface area contributed by atoms with Crippen LogP contribution in [-0.4, -0.2) is 42.7 Å². The molecule has 0 unspecified atom stereocenters. The van der Waals surface area contributed by atoms with Crippen molar-refractivity contribution in [2.24, 2.45) is 0 Å². The van der Waals surface area contributed by atoms with Crippen LogP contribution in [0.5, 0.6) is 5.75 Å². The zero-order valence-electron chi connectivity index (χ0n) is 16.2. The third-order valence-corrected chi connectivity index (χ3v) is 6.76. The number of aromatic nitrogens is 2. The van der Waals surface area contributed by atoms with Crippen LogP contribution >= 0.6 is 0 Å². The van der Waals surface area contributed by atoms with Crippen molar-refractivity contribution < 1.29 is 22.3 Å². The number of carbonyl (C=O) groups excluding carboxylic acids is 1. The maximum atomic E-state index is 13.1. The van der Waals surface area contributed by atoms with Gasteiger partial charge in [-0.2, -0.15) is 5.10 Å². The molecule has 1 aromatic heterocycles. The number of carbonyl (C=O) groups is 1. The van der Waals surface area contributed by atoms with Gasteiger partial charge in [0.05, 0.1) is 30.4 Å². The predicted molar refractivity (Wildman–Crippen MR) is 111 cm³/mol. The highest BCUT2D eigenvalue weighted by molar-refractivity contribution is 7.91. The second-order valence-corrected chi connectivity index (χ2v) is 9.33. The molecule has 1 aliphatic heterocycles. The van der Waals surface area contributed by atoms with E-state index in [1.165, 1.54) is 24.3 Å². The van der Waals surface area contributed by atoms with Gasteiger partial charge in [0.15, 0.2) is 15.5 Å². The van der Waals surface area contributed by atoms with Crippen molar-refractivity contribution in [1.82, 2.24) is 9.78 Å². The molecule has 1 aliphatic rings. The van der Waals surface area contributed by atoms with E-state index in [1.807, 2.05) is 12.1 Å². The number of ether oxygens (including phenoxy) is 1. The number of hydrogen-bond donors (Lipinski definition) is 1. The standard InChI is InChI=1S/C21H20FN3O4S/c1-29-18-8-2-14(3-9-18)20-12-19(21(26)23-16-6-4-15(22)5-7-16)24-25(20)17-10-11-30(27,28)13-17/h2-9,12,17H,10-11,13H2,1H3,(H,23,26)/t17-/m0/s1. The molecule has 0 saturated carbocycles. The van der Waals surface area contributed by atoms with Gasteiger partial charge in [-0.3, -0.25) is 9.48 Å². The largest absolute Gasteiger partial charge is 0.497 e. The smallest absolute Gasteiger partial charge is 0.276 e. The van der Waals surface area contributed by atoms with Gasteiger partial charge in [-0.1, -0.05) is 0 Å². The molecule has 0 aliphatic carbocycles. The molecule has 2 aromatic carbocycles. The molecule has 9 heteroatoms. The fraction of sp³-hybridized carbons (Fsp3) is 0.238. The fourth-order valence-electron chi connectivity index (χ4n) is 3.46. The van der Waals surface area contributed by atoms with E-state index in [0.717, 1.165) is 5.56 Å². The van der Waals surface area contributed by atoms with Gasteiger partial charge in [0.25, 0.3) is 5.91 Å². The Bertz CT molecular complexity index is 1170. The monoisotopic (exact) mass is 429 g/mol. The topological polar surface area (TPSA) is 90.3 Å². The molecule has 0 spiro atoms. The van der Waals surface area contributed by atoms with E-state index in [2.05, 4.69) is 10.4 Å². The molecule has 1 N–H and O–H groups in total. The van der Waals surface area contributed by atoms with Gasteiger partial charge in [-0.15, -0.1) is 0 Å². The van der Waals surface area contributed by atoms with Gasteiger partial charge in [-0.05, 0) is 61.0 Å². The van der Waals surface area contributed by atoms with E-state index in [-0.39, 0.29) is 23.2 Å². The molecule has 7 nitrogen and oxygen atoms in total. The molecular weight excluding hydrogens is 409 g/mol. The van der Waals surface area contributed by atoms with E-state index in [4.69, 9.17) is 4.74 Å². The van der Waals surface area contributed by atoms with Crippen molar-refractivity contribution in [3.05, 3.63) is 66.1 Å². The second kappa shape index (κ2) is 7.91. The summed E-state index contributed by atoms with van der Waals surface area (Å²) in [6.45, 7) is 0. The van der Waals surface area contributed by atoms with Crippen LogP contribution in [0.2, 0.25) is 0 Å². The fourth-order valence-corrected chi connectivity index (χ4v) is 5.15. The number of nitrogens with zero attached hydrogens (tertiary/aromatic N) is 2. The van der Waals surface area contributed by atoms with Gasteiger partial charge in [0.2, 0.25) is 0 Å². The Morgan fingerprint density at radius 2 is 1.87 bits per heavy atom. The normalized spacial score (nSPS) is 17.6. The predicted octanol–water partition coefficient (Wildman–Crippen LogP) is 3.31. The Morgan fingerprint density at radius 3 is 2.47 bits per heavy atom. The van der Waals surface area contributed by atoms with Gasteiger partial charge in [0.1, 0.15) is 11.6 Å². The first kappa shape index (κ1) is 20.1. The van der Waals surface area contributed by atoms with E-state index in [1.54, 1.807) is 30.0 Å². The van der Waals surface area contributed by atoms with Crippen LogP contribution in [0.25, 0.3) is 11.3 Å². The number of halogens is 1. The number of hydrogen-bond acceptors (Lipinski definition) is 5. The van der Waals surface area contributed by atoms with Crippen molar-refractivity contribution in [2.75, 3.05) is 23.9 Å². The van der Waals surface area contributed by atoms with Crippen LogP contribution < -0.4 is 10.1 Å². The lowest BCUT2D eigenvalue weighted by atomic mass is 10.1. The van der Waals surface area contributed by atoms with Crippen LogP contribution in [-0.2, 0) is 9.84 Å². The summed E-state index contributed by atoms with van der Waals surface area (Å²) >= 11 is 0. The summed E-state index contributed by atoms with van der Waals surface area (Å²) in [7, 11) is -1.56. The van der Waals surface area contributed by atoms with Gasteiger partial charge in [0, 0.05) is 11.3 Å². The van der Waals surface area contributed by atoms with Crippen LogP contribution in [0.1, 0.15) is 23.0 Å². The number of methoxy groups -OCH3 is 1. The number of benzene rings is 2. The summed E-state index contributed by atoms with van der Waals surface area (Å²) in [5.41, 5.74) is 2.01. The first-order chi connectivity index (χ1) is 14.3. The molecule has 1 fully saturated rings. The minimum atomic E-state index is -3.13. The van der Waals surface area contributed by atoms with Crippen LogP contribution in [0.4, 0.5) is 10.1 Å². The van der Waals surface area contributed by atoms with Crippen molar-refractivity contribution in [1.29, 1.82) is 0 Å². The zero-order chi connectivity index (χ0) is 21.3. The third-order valence-electron chi connectivity index (χ3n) is 5.01. The average molecular weight is 429 g/mol. The highest BCUT2D eigenvalue weighted by Gasteiger charge is 2.32. The molecule has 1 saturated heterocycles. The molecule has 2 heterocycles. The summed E-state index contributed by atoms with van der Waals surface area (Å²) in [6.07, 6.45) is 0.437. The number of anilines is 1. The second-order valence-electron chi connectivity index (χ2n) is 7.11. The molecule has 0 bridgehead atoms. The van der Waals surface area contributed by atoms with E-state index in [9.17, 15) is 17.6 Å². The summed E-state index contributed by atoms with van der Waals surface area (Å²) < 4.78 is 43.9. The van der Waals surface area contributed by atoms with Crippen molar-refractivity contribution in [3.8, 4) is 17.0 Å². The van der Waals surface area contributed by atoms with Crippen molar-refractivity contribution in [3.63, 3.8) is 0 Å². The molecule has 1 amide bonds. The van der Waals surface area contributed by atoms with Gasteiger partial charge >= 0.3 is 0 Å². The first-order valence-corrected chi connectivity index (χ1v) is 11.2. The molecule has 4 rings (SSSR count). The molecule has 156 valence electrons. The average Bonchev–Trinajstić information content (AvgIpc) is 3.33. The summed E-state index contributed by atoms with van der Waals surface area (Å²) in [5.74, 6) is -0.104. The highest BCUT2D eigenvalue weighted by atomic mass is 32.2. The Labute approximate surface area is 173 Å². The van der Waals surface area contributed by atoms with Crippen molar-refractivity contribution >= 4 is 21.4 Å². The minimum absolute atomic E-state index is 0.0170. The number of rotatable bonds is 5. The molecule has 0 radical (unpaired) electrons. The minimum Gasteiger partial charge on any atom is -0.497 e. The van der Waals surface area contributed by atoms with Crippen LogP contribution in [0, 0.1) is 5.82 Å². The van der Waals surface area contributed by atoms with E-state index >= 15 is 0 Å². The highest BCUT2D eigenvalue weighted by Crippen LogP contribution is 2.31. The van der Waals surface area contributed by atoms with Crippen molar-refractivity contribution in [2.45, 2.75) is 12.5 Å². The molecular formula is C21H20FN3O4S. The van der Waals surface area contributed by atoms with E-state index < -0.39 is 21.6 Å². The maximum absolute atomic E-state index is 13.1.